The molecule has 0 bridgehead atoms. The Morgan fingerprint density at radius 3 is 2.70 bits per heavy atom. The predicted molar refractivity (Wildman–Crippen MR) is 76.1 cm³/mol. The fourth-order valence-corrected chi connectivity index (χ4v) is 1.82. The quantitative estimate of drug-likeness (QED) is 0.689. The van der Waals surface area contributed by atoms with Gasteiger partial charge in [-0.3, -0.25) is 10.1 Å². The first kappa shape index (κ1) is 14.4. The molecule has 2 N–H and O–H groups in total. The molecule has 8 heteroatoms. The summed E-state index contributed by atoms with van der Waals surface area (Å²) in [7, 11) is 0. The second kappa shape index (κ2) is 5.94. The van der Waals surface area contributed by atoms with Crippen molar-refractivity contribution in [2.24, 2.45) is 0 Å². The van der Waals surface area contributed by atoms with Gasteiger partial charge in [-0.1, -0.05) is 29.3 Å². The summed E-state index contributed by atoms with van der Waals surface area (Å²) in [5.74, 6) is 0.322. The number of pyridine rings is 1. The van der Waals surface area contributed by atoms with Gasteiger partial charge in [0.05, 0.1) is 15.0 Å². The lowest BCUT2D eigenvalue weighted by molar-refractivity contribution is -0.385. The topological polar surface area (TPSA) is 91.3 Å². The van der Waals surface area contributed by atoms with Crippen LogP contribution in [0.25, 0.3) is 0 Å². The number of ether oxygens (including phenoxy) is 1. The van der Waals surface area contributed by atoms with Gasteiger partial charge in [-0.15, -0.1) is 0 Å². The van der Waals surface area contributed by atoms with Crippen molar-refractivity contribution in [3.8, 4) is 5.75 Å². The van der Waals surface area contributed by atoms with Gasteiger partial charge in [0.1, 0.15) is 12.4 Å². The van der Waals surface area contributed by atoms with Gasteiger partial charge in [0, 0.05) is 23.9 Å². The van der Waals surface area contributed by atoms with E-state index < -0.39 is 4.92 Å². The molecule has 1 aromatic carbocycles. The molecule has 0 saturated carbocycles. The van der Waals surface area contributed by atoms with Crippen molar-refractivity contribution in [2.75, 3.05) is 5.73 Å². The van der Waals surface area contributed by atoms with Gasteiger partial charge >= 0.3 is 5.69 Å². The molecule has 0 amide bonds. The van der Waals surface area contributed by atoms with Crippen LogP contribution in [-0.2, 0) is 6.61 Å². The Labute approximate surface area is 124 Å². The molecule has 1 heterocycles. The van der Waals surface area contributed by atoms with Crippen molar-refractivity contribution in [1.29, 1.82) is 0 Å². The Morgan fingerprint density at radius 1 is 1.35 bits per heavy atom. The van der Waals surface area contributed by atoms with Gasteiger partial charge in [-0.05, 0) is 6.07 Å². The van der Waals surface area contributed by atoms with Gasteiger partial charge in [0.2, 0.25) is 0 Å². The number of aromatic nitrogens is 1. The van der Waals surface area contributed by atoms with Crippen molar-refractivity contribution in [3.63, 3.8) is 0 Å². The highest BCUT2D eigenvalue weighted by Gasteiger charge is 2.18. The Morgan fingerprint density at radius 2 is 2.05 bits per heavy atom. The van der Waals surface area contributed by atoms with Crippen LogP contribution in [0.3, 0.4) is 0 Å². The first-order valence-electron chi connectivity index (χ1n) is 5.44. The van der Waals surface area contributed by atoms with E-state index in [1.54, 1.807) is 18.3 Å². The molecular formula is C12H9Cl2N3O3. The summed E-state index contributed by atoms with van der Waals surface area (Å²) in [5.41, 5.74) is 6.02. The lowest BCUT2D eigenvalue weighted by Gasteiger charge is -2.09. The maximum absolute atomic E-state index is 11.0. The normalized spacial score (nSPS) is 10.3. The van der Waals surface area contributed by atoms with Gasteiger partial charge in [-0.2, -0.15) is 0 Å². The van der Waals surface area contributed by atoms with Crippen molar-refractivity contribution < 1.29 is 9.66 Å². The van der Waals surface area contributed by atoms with Crippen molar-refractivity contribution in [1.82, 2.24) is 4.98 Å². The number of hydrogen-bond acceptors (Lipinski definition) is 5. The molecular weight excluding hydrogens is 305 g/mol. The second-order valence-electron chi connectivity index (χ2n) is 3.83. The average Bonchev–Trinajstić information content (AvgIpc) is 2.41. The van der Waals surface area contributed by atoms with E-state index >= 15 is 0 Å². The van der Waals surface area contributed by atoms with Crippen LogP contribution in [0.15, 0.2) is 30.5 Å². The minimum absolute atomic E-state index is 0.0210. The smallest absolute Gasteiger partial charge is 0.312 e. The van der Waals surface area contributed by atoms with Gasteiger partial charge in [0.15, 0.2) is 5.75 Å². The van der Waals surface area contributed by atoms with Gasteiger partial charge in [-0.25, -0.2) is 4.98 Å². The first-order chi connectivity index (χ1) is 9.49. The number of nitrogens with zero attached hydrogens (tertiary/aromatic N) is 2. The number of benzene rings is 1. The van der Waals surface area contributed by atoms with E-state index in [0.29, 0.717) is 11.4 Å². The highest BCUT2D eigenvalue weighted by atomic mass is 35.5. The summed E-state index contributed by atoms with van der Waals surface area (Å²) in [4.78, 5) is 14.3. The third-order valence-electron chi connectivity index (χ3n) is 2.51. The van der Waals surface area contributed by atoms with Crippen LogP contribution >= 0.6 is 23.2 Å². The SMILES string of the molecule is Nc1ncccc1COc1cc(Cl)c(Cl)cc1[N+](=O)[O-]. The van der Waals surface area contributed by atoms with E-state index in [-0.39, 0.29) is 28.1 Å². The number of nitro benzene ring substituents is 1. The standard InChI is InChI=1S/C12H9Cl2N3O3/c13-8-4-10(17(18)19)11(5-9(8)14)20-6-7-2-1-3-16-12(7)15/h1-5H,6H2,(H2,15,16). The molecule has 2 aromatic rings. The molecule has 0 aliphatic heterocycles. The number of anilines is 1. The summed E-state index contributed by atoms with van der Waals surface area (Å²) in [6.45, 7) is 0.0402. The van der Waals surface area contributed by atoms with E-state index in [2.05, 4.69) is 4.98 Å². The number of hydrogen-bond donors (Lipinski definition) is 1. The van der Waals surface area contributed by atoms with E-state index in [1.165, 1.54) is 6.07 Å². The molecule has 0 fully saturated rings. The number of rotatable bonds is 4. The molecule has 0 unspecified atom stereocenters. The molecule has 6 nitrogen and oxygen atoms in total. The molecule has 0 aliphatic rings. The minimum Gasteiger partial charge on any atom is -0.482 e. The van der Waals surface area contributed by atoms with Crippen molar-refractivity contribution in [3.05, 3.63) is 56.2 Å². The molecule has 0 radical (unpaired) electrons. The summed E-state index contributed by atoms with van der Waals surface area (Å²) < 4.78 is 5.40. The van der Waals surface area contributed by atoms with Crippen LogP contribution in [0.5, 0.6) is 5.75 Å². The highest BCUT2D eigenvalue weighted by molar-refractivity contribution is 6.42. The summed E-state index contributed by atoms with van der Waals surface area (Å²) in [6.07, 6.45) is 1.54. The maximum Gasteiger partial charge on any atom is 0.312 e. The largest absolute Gasteiger partial charge is 0.482 e. The molecule has 2 rings (SSSR count). The number of nitrogens with two attached hydrogens (primary N) is 1. The Hall–Kier alpha value is -2.05. The van der Waals surface area contributed by atoms with Crippen LogP contribution in [0.4, 0.5) is 11.5 Å². The van der Waals surface area contributed by atoms with Gasteiger partial charge < -0.3 is 10.5 Å². The zero-order valence-electron chi connectivity index (χ0n) is 10.0. The van der Waals surface area contributed by atoms with Crippen LogP contribution in [0.2, 0.25) is 10.0 Å². The Balaban J connectivity index is 2.27. The molecule has 0 saturated heterocycles. The molecule has 20 heavy (non-hydrogen) atoms. The lowest BCUT2D eigenvalue weighted by atomic mass is 10.2. The third kappa shape index (κ3) is 3.09. The number of nitrogen functional groups attached to an aromatic ring is 1. The number of halogens is 2. The van der Waals surface area contributed by atoms with Crippen molar-refractivity contribution in [2.45, 2.75) is 6.61 Å². The Bertz CT molecular complexity index is 664. The highest BCUT2D eigenvalue weighted by Crippen LogP contribution is 2.36. The second-order valence-corrected chi connectivity index (χ2v) is 4.64. The molecule has 0 spiro atoms. The maximum atomic E-state index is 11.0. The molecule has 0 atom stereocenters. The van der Waals surface area contributed by atoms with E-state index in [4.69, 9.17) is 33.7 Å². The Kier molecular flexibility index (Phi) is 4.26. The third-order valence-corrected chi connectivity index (χ3v) is 3.23. The molecule has 0 aliphatic carbocycles. The van der Waals surface area contributed by atoms with Crippen LogP contribution in [0.1, 0.15) is 5.56 Å². The van der Waals surface area contributed by atoms with Crippen LogP contribution in [0, 0.1) is 10.1 Å². The molecule has 1 aromatic heterocycles. The lowest BCUT2D eigenvalue weighted by Crippen LogP contribution is -2.03. The zero-order chi connectivity index (χ0) is 14.7. The fourth-order valence-electron chi connectivity index (χ4n) is 1.50. The summed E-state index contributed by atoms with van der Waals surface area (Å²) in [6, 6.07) is 5.85. The zero-order valence-corrected chi connectivity index (χ0v) is 11.6. The van der Waals surface area contributed by atoms with Crippen LogP contribution < -0.4 is 10.5 Å². The van der Waals surface area contributed by atoms with Crippen molar-refractivity contribution >= 4 is 34.7 Å². The summed E-state index contributed by atoms with van der Waals surface area (Å²) in [5, 5.41) is 11.2. The van der Waals surface area contributed by atoms with E-state index in [1.807, 2.05) is 0 Å². The average molecular weight is 314 g/mol. The number of nitro groups is 1. The molecule has 104 valence electrons. The predicted octanol–water partition coefficient (Wildman–Crippen LogP) is 3.46. The fraction of sp³-hybridized carbons (Fsp3) is 0.0833. The minimum atomic E-state index is -0.593. The first-order valence-corrected chi connectivity index (χ1v) is 6.20. The van der Waals surface area contributed by atoms with Gasteiger partial charge in [0.25, 0.3) is 0 Å². The van der Waals surface area contributed by atoms with Crippen LogP contribution in [-0.4, -0.2) is 9.91 Å². The summed E-state index contributed by atoms with van der Waals surface area (Å²) >= 11 is 11.6. The van der Waals surface area contributed by atoms with E-state index in [0.717, 1.165) is 6.07 Å². The van der Waals surface area contributed by atoms with E-state index in [9.17, 15) is 10.1 Å². The monoisotopic (exact) mass is 313 g/mol.